The molecule has 3 atom stereocenters. The number of thiophene rings is 1. The Kier molecular flexibility index (Phi) is 9.84. The summed E-state index contributed by atoms with van der Waals surface area (Å²) in [7, 11) is -1.65. The zero-order valence-electron chi connectivity index (χ0n) is 22.0. The Morgan fingerprint density at radius 1 is 0.923 bits per heavy atom. The first-order valence-corrected chi connectivity index (χ1v) is 14.9. The predicted molar refractivity (Wildman–Crippen MR) is 153 cm³/mol. The molecular formula is C28H34N4O5S2. The molecule has 0 aliphatic carbocycles. The Labute approximate surface area is 234 Å². The number of amides is 3. The van der Waals surface area contributed by atoms with Gasteiger partial charge in [-0.1, -0.05) is 50.2 Å². The average Bonchev–Trinajstić information content (AvgIpc) is 3.40. The van der Waals surface area contributed by atoms with Crippen molar-refractivity contribution in [2.45, 2.75) is 37.2 Å². The van der Waals surface area contributed by atoms with Gasteiger partial charge < -0.3 is 20.2 Å². The van der Waals surface area contributed by atoms with Gasteiger partial charge >= 0.3 is 0 Å². The number of rotatable bonds is 10. The first-order chi connectivity index (χ1) is 18.8. The highest BCUT2D eigenvalue weighted by atomic mass is 32.2. The standard InChI is InChI=1S/C28H34N4O5S2/c1-19(2)16-22(29-26(34)25-17-20-8-6-7-11-24(20)38-25)27(35)31-12-14-32(15-13-31)28(36)23(18-33)30-39(37)21-9-4-3-5-10-21/h3-11,17,19,22-23,30,33H,12-16,18H2,1-2H3,(H,29,34)/t22?,23-,39?/m0/s1. The van der Waals surface area contributed by atoms with Crippen LogP contribution in [0.4, 0.5) is 0 Å². The molecule has 2 aromatic carbocycles. The number of aliphatic hydroxyl groups is 1. The number of nitrogens with one attached hydrogen (secondary N) is 2. The Morgan fingerprint density at radius 3 is 2.10 bits per heavy atom. The van der Waals surface area contributed by atoms with Gasteiger partial charge in [-0.25, -0.2) is 8.93 Å². The zero-order valence-corrected chi connectivity index (χ0v) is 23.7. The third-order valence-corrected chi connectivity index (χ3v) is 8.86. The quantitative estimate of drug-likeness (QED) is 0.346. The van der Waals surface area contributed by atoms with Crippen molar-refractivity contribution in [3.63, 3.8) is 0 Å². The second-order valence-corrected chi connectivity index (χ2v) is 12.2. The van der Waals surface area contributed by atoms with Gasteiger partial charge in [-0.05, 0) is 42.0 Å². The smallest absolute Gasteiger partial charge is 0.262 e. The summed E-state index contributed by atoms with van der Waals surface area (Å²) in [5, 5.41) is 13.7. The van der Waals surface area contributed by atoms with Crippen molar-refractivity contribution in [2.24, 2.45) is 5.92 Å². The van der Waals surface area contributed by atoms with Gasteiger partial charge in [-0.3, -0.25) is 14.4 Å². The lowest BCUT2D eigenvalue weighted by Crippen LogP contribution is -2.58. The lowest BCUT2D eigenvalue weighted by Gasteiger charge is -2.38. The molecule has 0 saturated carbocycles. The van der Waals surface area contributed by atoms with Crippen LogP contribution in [-0.4, -0.2) is 81.7 Å². The van der Waals surface area contributed by atoms with Crippen molar-refractivity contribution >= 4 is 50.1 Å². The number of aliphatic hydroxyl groups excluding tert-OH is 1. The normalized spacial score (nSPS) is 16.2. The Bertz CT molecular complexity index is 1290. The Balaban J connectivity index is 1.35. The van der Waals surface area contributed by atoms with E-state index in [0.717, 1.165) is 10.1 Å². The topological polar surface area (TPSA) is 119 Å². The molecule has 208 valence electrons. The van der Waals surface area contributed by atoms with Crippen LogP contribution in [0.3, 0.4) is 0 Å². The molecule has 0 bridgehead atoms. The van der Waals surface area contributed by atoms with Crippen molar-refractivity contribution in [1.29, 1.82) is 0 Å². The monoisotopic (exact) mass is 570 g/mol. The van der Waals surface area contributed by atoms with E-state index in [0.29, 0.717) is 29.3 Å². The maximum Gasteiger partial charge on any atom is 0.262 e. The van der Waals surface area contributed by atoms with E-state index in [-0.39, 0.29) is 36.7 Å². The van der Waals surface area contributed by atoms with E-state index in [4.69, 9.17) is 0 Å². The van der Waals surface area contributed by atoms with Crippen molar-refractivity contribution in [2.75, 3.05) is 32.8 Å². The summed E-state index contributed by atoms with van der Waals surface area (Å²) in [5.41, 5.74) is 0. The molecule has 39 heavy (non-hydrogen) atoms. The minimum Gasteiger partial charge on any atom is -0.394 e. The van der Waals surface area contributed by atoms with Crippen LogP contribution >= 0.6 is 11.3 Å². The van der Waals surface area contributed by atoms with E-state index in [1.807, 2.05) is 44.2 Å². The molecule has 3 N–H and O–H groups in total. The van der Waals surface area contributed by atoms with Crippen molar-refractivity contribution in [1.82, 2.24) is 19.8 Å². The molecule has 0 spiro atoms. The van der Waals surface area contributed by atoms with E-state index in [2.05, 4.69) is 10.0 Å². The van der Waals surface area contributed by atoms with Gasteiger partial charge in [0.25, 0.3) is 5.91 Å². The van der Waals surface area contributed by atoms with Gasteiger partial charge in [0, 0.05) is 30.9 Å². The minimum atomic E-state index is -1.65. The second-order valence-electron chi connectivity index (χ2n) is 9.89. The number of piperazine rings is 1. The van der Waals surface area contributed by atoms with E-state index < -0.39 is 29.7 Å². The molecule has 3 amide bonds. The third kappa shape index (κ3) is 7.30. The molecule has 1 fully saturated rings. The summed E-state index contributed by atoms with van der Waals surface area (Å²) in [6.45, 7) is 4.67. The highest BCUT2D eigenvalue weighted by molar-refractivity contribution is 7.83. The van der Waals surface area contributed by atoms with Crippen LogP contribution in [0.25, 0.3) is 10.1 Å². The highest BCUT2D eigenvalue weighted by Crippen LogP contribution is 2.25. The fraction of sp³-hybridized carbons (Fsp3) is 0.393. The second kappa shape index (κ2) is 13.3. The van der Waals surface area contributed by atoms with E-state index in [1.54, 1.807) is 40.1 Å². The van der Waals surface area contributed by atoms with Gasteiger partial charge in [-0.15, -0.1) is 11.3 Å². The van der Waals surface area contributed by atoms with Crippen LogP contribution < -0.4 is 10.0 Å². The summed E-state index contributed by atoms with van der Waals surface area (Å²) >= 11 is 1.40. The van der Waals surface area contributed by atoms with Crippen LogP contribution in [0, 0.1) is 5.92 Å². The largest absolute Gasteiger partial charge is 0.394 e. The van der Waals surface area contributed by atoms with E-state index >= 15 is 0 Å². The number of hydrogen-bond donors (Lipinski definition) is 3. The Morgan fingerprint density at radius 2 is 1.51 bits per heavy atom. The first-order valence-electron chi connectivity index (χ1n) is 13.0. The van der Waals surface area contributed by atoms with Crippen LogP contribution in [0.15, 0.2) is 65.6 Å². The molecule has 3 aromatic rings. The molecule has 1 aliphatic heterocycles. The Hall–Kier alpha value is -3.12. The van der Waals surface area contributed by atoms with Crippen molar-refractivity contribution < 1.29 is 23.7 Å². The lowest BCUT2D eigenvalue weighted by molar-refractivity contribution is -0.142. The number of carbonyl (C=O) groups excluding carboxylic acids is 3. The van der Waals surface area contributed by atoms with Crippen LogP contribution in [0.5, 0.6) is 0 Å². The molecule has 4 rings (SSSR count). The number of benzene rings is 2. The molecule has 9 nitrogen and oxygen atoms in total. The number of hydrogen-bond acceptors (Lipinski definition) is 6. The average molecular weight is 571 g/mol. The summed E-state index contributed by atoms with van der Waals surface area (Å²) < 4.78 is 16.3. The lowest BCUT2D eigenvalue weighted by atomic mass is 10.0. The van der Waals surface area contributed by atoms with E-state index in [1.165, 1.54) is 11.3 Å². The molecule has 11 heteroatoms. The predicted octanol–water partition coefficient (Wildman–Crippen LogP) is 2.39. The summed E-state index contributed by atoms with van der Waals surface area (Å²) in [5.74, 6) is -0.628. The third-order valence-electron chi connectivity index (χ3n) is 6.55. The SMILES string of the molecule is CC(C)CC(NC(=O)c1cc2ccccc2s1)C(=O)N1CCN(C(=O)[C@H](CO)NS(=O)c2ccccc2)CC1. The summed E-state index contributed by atoms with van der Waals surface area (Å²) in [6, 6.07) is 16.6. The first kappa shape index (κ1) is 28.9. The highest BCUT2D eigenvalue weighted by Gasteiger charge is 2.33. The maximum absolute atomic E-state index is 13.5. The zero-order chi connectivity index (χ0) is 27.9. The van der Waals surface area contributed by atoms with Gasteiger partial charge in [-0.2, -0.15) is 0 Å². The molecular weight excluding hydrogens is 536 g/mol. The molecule has 0 radical (unpaired) electrons. The number of fused-ring (bicyclic) bond motifs is 1. The maximum atomic E-state index is 13.5. The van der Waals surface area contributed by atoms with Gasteiger partial charge in [0.1, 0.15) is 23.1 Å². The van der Waals surface area contributed by atoms with Gasteiger partial charge in [0.2, 0.25) is 11.8 Å². The van der Waals surface area contributed by atoms with Crippen LogP contribution in [0.2, 0.25) is 0 Å². The fourth-order valence-electron chi connectivity index (χ4n) is 4.51. The van der Waals surface area contributed by atoms with Crippen molar-refractivity contribution in [3.05, 3.63) is 65.5 Å². The fourth-order valence-corrected chi connectivity index (χ4v) is 6.45. The number of carbonyl (C=O) groups is 3. The molecule has 1 saturated heterocycles. The van der Waals surface area contributed by atoms with Gasteiger partial charge in [0.15, 0.2) is 0 Å². The molecule has 2 heterocycles. The van der Waals surface area contributed by atoms with E-state index in [9.17, 15) is 23.7 Å². The molecule has 2 unspecified atom stereocenters. The van der Waals surface area contributed by atoms with Crippen LogP contribution in [0.1, 0.15) is 29.9 Å². The van der Waals surface area contributed by atoms with Crippen molar-refractivity contribution in [3.8, 4) is 0 Å². The van der Waals surface area contributed by atoms with Gasteiger partial charge in [0.05, 0.1) is 16.4 Å². The minimum absolute atomic E-state index is 0.174. The molecule has 1 aromatic heterocycles. The molecule has 1 aliphatic rings. The van der Waals surface area contributed by atoms with Crippen LogP contribution in [-0.2, 0) is 20.6 Å². The number of nitrogens with zero attached hydrogens (tertiary/aromatic N) is 2. The summed E-state index contributed by atoms with van der Waals surface area (Å²) in [6.07, 6.45) is 0.496. The summed E-state index contributed by atoms with van der Waals surface area (Å²) in [4.78, 5) is 43.9.